The molecule has 1 fully saturated rings. The van der Waals surface area contributed by atoms with Crippen LogP contribution in [-0.2, 0) is 21.2 Å². The quantitative estimate of drug-likeness (QED) is 0.529. The number of hydrogen-bond acceptors (Lipinski definition) is 7. The second-order valence-corrected chi connectivity index (χ2v) is 8.31. The SMILES string of the molecule is O=S(=O)(N1C=CC=CC1)[C@@]1(O)OC[C@@H](O)[C@H](O)[C@]1(O)Cc1ccccc1. The highest BCUT2D eigenvalue weighted by molar-refractivity contribution is 7.90. The molecule has 4 atom stereocenters. The molecule has 0 aliphatic carbocycles. The summed E-state index contributed by atoms with van der Waals surface area (Å²) in [7, 11) is -4.66. The van der Waals surface area contributed by atoms with Gasteiger partial charge in [0, 0.05) is 12.6 Å². The Morgan fingerprint density at radius 3 is 2.46 bits per heavy atom. The maximum Gasteiger partial charge on any atom is 0.324 e. The minimum Gasteiger partial charge on any atom is -0.388 e. The Hall–Kier alpha value is -1.75. The lowest BCUT2D eigenvalue weighted by atomic mass is 9.83. The molecule has 2 aliphatic rings. The van der Waals surface area contributed by atoms with Crippen LogP contribution in [0.2, 0.25) is 0 Å². The number of ether oxygens (including phenoxy) is 1. The third kappa shape index (κ3) is 2.86. The third-order valence-electron chi connectivity index (χ3n) is 4.61. The van der Waals surface area contributed by atoms with Crippen LogP contribution in [0.4, 0.5) is 0 Å². The Morgan fingerprint density at radius 1 is 1.15 bits per heavy atom. The van der Waals surface area contributed by atoms with E-state index in [2.05, 4.69) is 0 Å². The molecular weight excluding hydrogens is 362 g/mol. The van der Waals surface area contributed by atoms with Gasteiger partial charge in [-0.2, -0.15) is 0 Å². The predicted molar refractivity (Wildman–Crippen MR) is 91.9 cm³/mol. The molecule has 1 aromatic rings. The molecule has 0 unspecified atom stereocenters. The van der Waals surface area contributed by atoms with Gasteiger partial charge in [-0.1, -0.05) is 42.5 Å². The lowest BCUT2D eigenvalue weighted by Crippen LogP contribution is -2.75. The summed E-state index contributed by atoms with van der Waals surface area (Å²) >= 11 is 0. The topological polar surface area (TPSA) is 128 Å². The number of rotatable bonds is 4. The molecule has 0 spiro atoms. The van der Waals surface area contributed by atoms with Gasteiger partial charge in [-0.05, 0) is 11.6 Å². The van der Waals surface area contributed by atoms with E-state index in [-0.39, 0.29) is 6.54 Å². The van der Waals surface area contributed by atoms with Gasteiger partial charge < -0.3 is 25.2 Å². The molecule has 4 N–H and O–H groups in total. The molecule has 0 amide bonds. The molecule has 0 radical (unpaired) electrons. The lowest BCUT2D eigenvalue weighted by molar-refractivity contribution is -0.325. The van der Waals surface area contributed by atoms with Crippen molar-refractivity contribution in [2.45, 2.75) is 29.3 Å². The van der Waals surface area contributed by atoms with E-state index in [1.807, 2.05) is 0 Å². The predicted octanol–water partition coefficient (Wildman–Crippen LogP) is -0.926. The first-order valence-electron chi connectivity index (χ1n) is 8.06. The molecule has 1 aromatic carbocycles. The van der Waals surface area contributed by atoms with E-state index < -0.39 is 46.0 Å². The van der Waals surface area contributed by atoms with E-state index in [0.717, 1.165) is 4.31 Å². The molecule has 0 saturated carbocycles. The number of benzene rings is 1. The van der Waals surface area contributed by atoms with E-state index in [9.17, 15) is 28.8 Å². The van der Waals surface area contributed by atoms with Crippen molar-refractivity contribution in [1.29, 1.82) is 0 Å². The second kappa shape index (κ2) is 6.76. The number of hydrogen-bond donors (Lipinski definition) is 4. The Morgan fingerprint density at radius 2 is 1.85 bits per heavy atom. The number of aliphatic hydroxyl groups excluding tert-OH is 2. The average Bonchev–Trinajstić information content (AvgIpc) is 2.65. The summed E-state index contributed by atoms with van der Waals surface area (Å²) in [5.74, 6) is 0. The Labute approximate surface area is 151 Å². The van der Waals surface area contributed by atoms with Crippen molar-refractivity contribution in [1.82, 2.24) is 4.31 Å². The highest BCUT2D eigenvalue weighted by Gasteiger charge is 2.68. The van der Waals surface area contributed by atoms with E-state index in [4.69, 9.17) is 4.74 Å². The third-order valence-corrected chi connectivity index (χ3v) is 6.67. The molecule has 1 saturated heterocycles. The summed E-state index contributed by atoms with van der Waals surface area (Å²) in [6.07, 6.45) is 1.90. The molecule has 0 aromatic heterocycles. The van der Waals surface area contributed by atoms with Gasteiger partial charge in [0.05, 0.1) is 13.2 Å². The van der Waals surface area contributed by atoms with Crippen LogP contribution in [0.3, 0.4) is 0 Å². The number of sulfonamides is 1. The monoisotopic (exact) mass is 383 g/mol. The minimum absolute atomic E-state index is 0.0649. The van der Waals surface area contributed by atoms with E-state index in [1.54, 1.807) is 42.5 Å². The highest BCUT2D eigenvalue weighted by Crippen LogP contribution is 2.41. The summed E-state index contributed by atoms with van der Waals surface area (Å²) in [6, 6.07) is 8.25. The van der Waals surface area contributed by atoms with E-state index in [0.29, 0.717) is 5.56 Å². The van der Waals surface area contributed by atoms with Gasteiger partial charge >= 0.3 is 5.12 Å². The Kier molecular flexibility index (Phi) is 4.95. The van der Waals surface area contributed by atoms with Crippen molar-refractivity contribution >= 4 is 10.0 Å². The Bertz CT molecular complexity index is 810. The van der Waals surface area contributed by atoms with Crippen LogP contribution in [0.5, 0.6) is 0 Å². The zero-order valence-electron chi connectivity index (χ0n) is 13.8. The van der Waals surface area contributed by atoms with Crippen LogP contribution in [0.1, 0.15) is 5.56 Å². The number of nitrogens with zero attached hydrogens (tertiary/aromatic N) is 1. The Balaban J connectivity index is 2.06. The van der Waals surface area contributed by atoms with Crippen molar-refractivity contribution in [2.24, 2.45) is 0 Å². The molecule has 3 rings (SSSR count). The maximum atomic E-state index is 13.0. The van der Waals surface area contributed by atoms with Crippen molar-refractivity contribution in [2.75, 3.05) is 13.2 Å². The highest BCUT2D eigenvalue weighted by atomic mass is 32.2. The van der Waals surface area contributed by atoms with E-state index in [1.165, 1.54) is 12.3 Å². The van der Waals surface area contributed by atoms with Crippen molar-refractivity contribution in [3.05, 3.63) is 60.3 Å². The van der Waals surface area contributed by atoms with Gasteiger partial charge in [0.25, 0.3) is 10.0 Å². The van der Waals surface area contributed by atoms with Crippen LogP contribution in [0, 0.1) is 0 Å². The van der Waals surface area contributed by atoms with Crippen LogP contribution < -0.4 is 0 Å². The fraction of sp³-hybridized carbons (Fsp3) is 0.412. The summed E-state index contributed by atoms with van der Waals surface area (Å²) in [5.41, 5.74) is -2.24. The standard InChI is InChI=1S/C17H21NO7S/c19-14-12-25-17(22,26(23,24)18-9-5-2-6-10-18)16(21,15(14)20)11-13-7-3-1-4-8-13/h1-9,14-15,19-22H,10-12H2/t14-,15+,16-,17+/m1/s1. The first-order valence-corrected chi connectivity index (χ1v) is 9.50. The smallest absolute Gasteiger partial charge is 0.324 e. The van der Waals surface area contributed by atoms with Gasteiger partial charge in [-0.3, -0.25) is 4.31 Å². The van der Waals surface area contributed by atoms with Crippen molar-refractivity contribution < 1.29 is 33.6 Å². The second-order valence-electron chi connectivity index (χ2n) is 6.34. The summed E-state index contributed by atoms with van der Waals surface area (Å²) in [6.45, 7) is -0.716. The fourth-order valence-corrected chi connectivity index (χ4v) is 4.82. The van der Waals surface area contributed by atoms with Crippen LogP contribution in [-0.4, -0.2) is 69.2 Å². The molecule has 2 aliphatic heterocycles. The van der Waals surface area contributed by atoms with Gasteiger partial charge in [-0.15, -0.1) is 0 Å². The molecule has 142 valence electrons. The van der Waals surface area contributed by atoms with Gasteiger partial charge in [-0.25, -0.2) is 8.42 Å². The first-order chi connectivity index (χ1) is 12.2. The molecule has 2 heterocycles. The summed E-state index contributed by atoms with van der Waals surface area (Å²) in [4.78, 5) is 0. The average molecular weight is 383 g/mol. The van der Waals surface area contributed by atoms with Gasteiger partial charge in [0.1, 0.15) is 12.2 Å². The molecule has 26 heavy (non-hydrogen) atoms. The van der Waals surface area contributed by atoms with Crippen molar-refractivity contribution in [3.8, 4) is 0 Å². The molecule has 9 heteroatoms. The van der Waals surface area contributed by atoms with Crippen LogP contribution in [0.25, 0.3) is 0 Å². The van der Waals surface area contributed by atoms with Gasteiger partial charge in [0.15, 0.2) is 5.60 Å². The summed E-state index contributed by atoms with van der Waals surface area (Å²) < 4.78 is 31.9. The van der Waals surface area contributed by atoms with Crippen LogP contribution in [0.15, 0.2) is 54.8 Å². The summed E-state index contributed by atoms with van der Waals surface area (Å²) in [5, 5.41) is 39.3. The minimum atomic E-state index is -4.66. The molecule has 8 nitrogen and oxygen atoms in total. The first kappa shape index (κ1) is 19.0. The fourth-order valence-electron chi connectivity index (χ4n) is 3.13. The van der Waals surface area contributed by atoms with E-state index >= 15 is 0 Å². The van der Waals surface area contributed by atoms with Gasteiger partial charge in [0.2, 0.25) is 0 Å². The molecular formula is C17H21NO7S. The number of aliphatic hydroxyl groups is 4. The van der Waals surface area contributed by atoms with Crippen LogP contribution >= 0.6 is 0 Å². The normalized spacial score (nSPS) is 34.8. The lowest BCUT2D eigenvalue weighted by Gasteiger charge is -2.50. The largest absolute Gasteiger partial charge is 0.388 e. The zero-order chi connectivity index (χ0) is 19.0. The zero-order valence-corrected chi connectivity index (χ0v) is 14.7. The molecule has 0 bridgehead atoms. The van der Waals surface area contributed by atoms with Crippen molar-refractivity contribution in [3.63, 3.8) is 0 Å². The number of allylic oxidation sites excluding steroid dienone is 2. The maximum absolute atomic E-state index is 13.0.